The van der Waals surface area contributed by atoms with Gasteiger partial charge in [-0.2, -0.15) is 0 Å². The molecule has 3 heteroatoms. The van der Waals surface area contributed by atoms with Crippen molar-refractivity contribution in [3.8, 4) is 0 Å². The molecule has 0 aliphatic heterocycles. The van der Waals surface area contributed by atoms with Gasteiger partial charge in [0.15, 0.2) is 11.5 Å². The minimum Gasteiger partial charge on any atom is -0.450 e. The summed E-state index contributed by atoms with van der Waals surface area (Å²) >= 11 is 0. The zero-order valence-electron chi connectivity index (χ0n) is 12.8. The van der Waals surface area contributed by atoms with E-state index >= 15 is 0 Å². The summed E-state index contributed by atoms with van der Waals surface area (Å²) in [6, 6.07) is 3.22. The van der Waals surface area contributed by atoms with E-state index in [0.29, 0.717) is 0 Å². The Labute approximate surface area is 115 Å². The zero-order chi connectivity index (χ0) is 14.8. The summed E-state index contributed by atoms with van der Waals surface area (Å²) in [5, 5.41) is 0. The van der Waals surface area contributed by atoms with Crippen LogP contribution >= 0.6 is 0 Å². The fraction of sp³-hybridized carbons (Fsp3) is 0.625. The van der Waals surface area contributed by atoms with Gasteiger partial charge in [-0.25, -0.2) is 0 Å². The molecule has 0 radical (unpaired) electrons. The molecule has 0 aromatic carbocycles. The molecule has 0 atom stereocenters. The van der Waals surface area contributed by atoms with Crippen LogP contribution in [-0.2, 0) is 0 Å². The first-order valence-electron chi connectivity index (χ1n) is 6.85. The average Bonchev–Trinajstić information content (AvgIpc) is 2.86. The van der Waals surface area contributed by atoms with E-state index in [1.807, 2.05) is 41.5 Å². The van der Waals surface area contributed by atoms with Crippen LogP contribution in [0.1, 0.15) is 75.5 Å². The van der Waals surface area contributed by atoms with Crippen molar-refractivity contribution in [2.45, 2.75) is 54.4 Å². The number of furan rings is 1. The van der Waals surface area contributed by atoms with E-state index in [9.17, 15) is 9.59 Å². The molecule has 0 aliphatic rings. The molecule has 0 amide bonds. The number of ketones is 2. The van der Waals surface area contributed by atoms with Crippen LogP contribution in [0.5, 0.6) is 0 Å². The lowest BCUT2D eigenvalue weighted by atomic mass is 9.84. The summed E-state index contributed by atoms with van der Waals surface area (Å²) in [5.41, 5.74) is -0.920. The van der Waals surface area contributed by atoms with Gasteiger partial charge in [-0.05, 0) is 25.0 Å². The molecular weight excluding hydrogens is 240 g/mol. The minimum absolute atomic E-state index is 0.0524. The smallest absolute Gasteiger partial charge is 0.203 e. The summed E-state index contributed by atoms with van der Waals surface area (Å²) in [7, 11) is 0. The standard InChI is InChI=1S/C16H24O3/c1-7-15(3,4)13(17)11-9-10-12(19-11)14(18)16(5,6)8-2/h9-10H,7-8H2,1-6H3. The van der Waals surface area contributed by atoms with Crippen LogP contribution in [0.25, 0.3) is 0 Å². The average molecular weight is 264 g/mol. The first-order chi connectivity index (χ1) is 8.65. The predicted octanol–water partition coefficient (Wildman–Crippen LogP) is 4.52. The van der Waals surface area contributed by atoms with Gasteiger partial charge in [-0.3, -0.25) is 9.59 Å². The highest BCUT2D eigenvalue weighted by Gasteiger charge is 2.32. The number of hydrogen-bond donors (Lipinski definition) is 0. The Bertz CT molecular complexity index is 435. The van der Waals surface area contributed by atoms with E-state index in [1.54, 1.807) is 12.1 Å². The Hall–Kier alpha value is -1.38. The van der Waals surface area contributed by atoms with Crippen molar-refractivity contribution in [2.24, 2.45) is 10.8 Å². The van der Waals surface area contributed by atoms with Gasteiger partial charge < -0.3 is 4.42 Å². The third kappa shape index (κ3) is 3.14. The zero-order valence-corrected chi connectivity index (χ0v) is 12.8. The summed E-state index contributed by atoms with van der Waals surface area (Å²) in [4.78, 5) is 24.5. The monoisotopic (exact) mass is 264 g/mol. The second-order valence-corrected chi connectivity index (χ2v) is 6.30. The second-order valence-electron chi connectivity index (χ2n) is 6.30. The molecule has 1 rings (SSSR count). The lowest BCUT2D eigenvalue weighted by molar-refractivity contribution is 0.0772. The van der Waals surface area contributed by atoms with Crippen molar-refractivity contribution in [1.82, 2.24) is 0 Å². The Balaban J connectivity index is 3.02. The van der Waals surface area contributed by atoms with Crippen molar-refractivity contribution < 1.29 is 14.0 Å². The summed E-state index contributed by atoms with van der Waals surface area (Å²) in [6.07, 6.45) is 1.46. The molecule has 0 saturated heterocycles. The highest BCUT2D eigenvalue weighted by molar-refractivity contribution is 6.01. The van der Waals surface area contributed by atoms with E-state index in [4.69, 9.17) is 4.42 Å². The molecular formula is C16H24O3. The molecule has 0 fully saturated rings. The maximum atomic E-state index is 12.2. The van der Waals surface area contributed by atoms with Crippen LogP contribution in [0.15, 0.2) is 16.5 Å². The van der Waals surface area contributed by atoms with Crippen molar-refractivity contribution >= 4 is 11.6 Å². The first kappa shape index (κ1) is 15.7. The van der Waals surface area contributed by atoms with Crippen LogP contribution in [-0.4, -0.2) is 11.6 Å². The van der Waals surface area contributed by atoms with Gasteiger partial charge in [-0.1, -0.05) is 41.5 Å². The summed E-state index contributed by atoms with van der Waals surface area (Å²) in [6.45, 7) is 11.5. The number of carbonyl (C=O) groups is 2. The highest BCUT2D eigenvalue weighted by atomic mass is 16.4. The number of carbonyl (C=O) groups excluding carboxylic acids is 2. The third-order valence-electron chi connectivity index (χ3n) is 4.05. The van der Waals surface area contributed by atoms with E-state index < -0.39 is 10.8 Å². The van der Waals surface area contributed by atoms with E-state index in [0.717, 1.165) is 12.8 Å². The number of rotatable bonds is 6. The molecule has 0 N–H and O–H groups in total. The topological polar surface area (TPSA) is 47.3 Å². The third-order valence-corrected chi connectivity index (χ3v) is 4.05. The van der Waals surface area contributed by atoms with Crippen molar-refractivity contribution in [3.05, 3.63) is 23.7 Å². The van der Waals surface area contributed by atoms with Gasteiger partial charge in [-0.15, -0.1) is 0 Å². The van der Waals surface area contributed by atoms with E-state index in [1.165, 1.54) is 0 Å². The van der Waals surface area contributed by atoms with Gasteiger partial charge in [0, 0.05) is 10.8 Å². The lowest BCUT2D eigenvalue weighted by Crippen LogP contribution is -2.24. The molecule has 0 aliphatic carbocycles. The molecule has 0 saturated carbocycles. The summed E-state index contributed by atoms with van der Waals surface area (Å²) < 4.78 is 5.48. The number of Topliss-reactive ketones (excluding diaryl/α,β-unsaturated/α-hetero) is 2. The van der Waals surface area contributed by atoms with Gasteiger partial charge in [0.25, 0.3) is 0 Å². The minimum atomic E-state index is -0.460. The molecule has 3 nitrogen and oxygen atoms in total. The molecule has 0 bridgehead atoms. The van der Waals surface area contributed by atoms with Gasteiger partial charge in [0.05, 0.1) is 0 Å². The lowest BCUT2D eigenvalue weighted by Gasteiger charge is -2.20. The molecule has 1 aromatic rings. The van der Waals surface area contributed by atoms with Crippen LogP contribution < -0.4 is 0 Å². The van der Waals surface area contributed by atoms with Gasteiger partial charge in [0.1, 0.15) is 0 Å². The first-order valence-corrected chi connectivity index (χ1v) is 6.85. The molecule has 0 unspecified atom stereocenters. The molecule has 106 valence electrons. The molecule has 1 aromatic heterocycles. The largest absolute Gasteiger partial charge is 0.450 e. The Kier molecular flexibility index (Phi) is 4.39. The van der Waals surface area contributed by atoms with Crippen LogP contribution in [0.3, 0.4) is 0 Å². The van der Waals surface area contributed by atoms with Crippen molar-refractivity contribution in [2.75, 3.05) is 0 Å². The fourth-order valence-electron chi connectivity index (χ4n) is 1.57. The van der Waals surface area contributed by atoms with Gasteiger partial charge in [0.2, 0.25) is 11.6 Å². The van der Waals surface area contributed by atoms with E-state index in [-0.39, 0.29) is 23.1 Å². The number of hydrogen-bond acceptors (Lipinski definition) is 3. The Morgan fingerprint density at radius 2 is 1.21 bits per heavy atom. The quantitative estimate of drug-likeness (QED) is 0.710. The molecule has 19 heavy (non-hydrogen) atoms. The van der Waals surface area contributed by atoms with Crippen LogP contribution in [0.4, 0.5) is 0 Å². The highest BCUT2D eigenvalue weighted by Crippen LogP contribution is 2.29. The van der Waals surface area contributed by atoms with Crippen molar-refractivity contribution in [1.29, 1.82) is 0 Å². The van der Waals surface area contributed by atoms with Crippen LogP contribution in [0, 0.1) is 10.8 Å². The maximum Gasteiger partial charge on any atom is 0.203 e. The predicted molar refractivity (Wildman–Crippen MR) is 75.5 cm³/mol. The van der Waals surface area contributed by atoms with Crippen molar-refractivity contribution in [3.63, 3.8) is 0 Å². The normalized spacial score (nSPS) is 12.5. The second kappa shape index (κ2) is 5.32. The van der Waals surface area contributed by atoms with E-state index in [2.05, 4.69) is 0 Å². The van der Waals surface area contributed by atoms with Gasteiger partial charge >= 0.3 is 0 Å². The molecule has 1 heterocycles. The Morgan fingerprint density at radius 1 is 0.895 bits per heavy atom. The maximum absolute atomic E-state index is 12.2. The Morgan fingerprint density at radius 3 is 1.47 bits per heavy atom. The fourth-order valence-corrected chi connectivity index (χ4v) is 1.57. The summed E-state index contributed by atoms with van der Waals surface area (Å²) in [5.74, 6) is 0.455. The van der Waals surface area contributed by atoms with Crippen LogP contribution in [0.2, 0.25) is 0 Å². The SMILES string of the molecule is CCC(C)(C)C(=O)c1ccc(C(=O)C(C)(C)CC)o1. The molecule has 0 spiro atoms.